The summed E-state index contributed by atoms with van der Waals surface area (Å²) in [6.07, 6.45) is -1.00. The van der Waals surface area contributed by atoms with Gasteiger partial charge in [0, 0.05) is 20.6 Å². The van der Waals surface area contributed by atoms with Gasteiger partial charge in [-0.15, -0.1) is 11.8 Å². The van der Waals surface area contributed by atoms with E-state index in [0.717, 1.165) is 11.8 Å². The molecule has 0 unspecified atom stereocenters. The summed E-state index contributed by atoms with van der Waals surface area (Å²) in [5.41, 5.74) is 1.44. The first-order valence-electron chi connectivity index (χ1n) is 9.37. The monoisotopic (exact) mass is 466 g/mol. The number of aliphatic hydroxyl groups is 2. The molecule has 164 valence electrons. The van der Waals surface area contributed by atoms with Crippen LogP contribution >= 0.6 is 23.4 Å². The number of aliphatic hydroxyl groups excluding tert-OH is 2. The summed E-state index contributed by atoms with van der Waals surface area (Å²) in [5.74, 6) is -0.299. The van der Waals surface area contributed by atoms with Crippen LogP contribution in [0, 0.1) is 5.82 Å². The summed E-state index contributed by atoms with van der Waals surface area (Å²) in [4.78, 5) is 26.5. The highest BCUT2D eigenvalue weighted by Gasteiger charge is 2.47. The third-order valence-electron chi connectivity index (χ3n) is 4.94. The van der Waals surface area contributed by atoms with Gasteiger partial charge >= 0.3 is 0 Å². The molecule has 9 nitrogen and oxygen atoms in total. The molecule has 0 spiro atoms. The largest absolute Gasteiger partial charge is 0.389 e. The Morgan fingerprint density at radius 1 is 1.32 bits per heavy atom. The molecule has 0 bridgehead atoms. The zero-order valence-electron chi connectivity index (χ0n) is 16.6. The van der Waals surface area contributed by atoms with E-state index < -0.39 is 22.8 Å². The minimum atomic E-state index is -1.25. The lowest BCUT2D eigenvalue weighted by Crippen LogP contribution is -2.40. The number of carbonyl (C=O) groups excluding carboxylic acids is 1. The maximum absolute atomic E-state index is 13.4. The molecule has 1 aliphatic heterocycles. The standard InChI is InChI=1S/C19H20ClFN6O3S/c1-26(2)17(30)14-12(28)13(29)18(31-14)27-8-23-11-15(24-19(20)25-16(11)27)22-7-9-4-3-5-10(21)6-9/h3-6,8,12-14,18,28-29H,7H2,1-2H3,(H,22,24,25)/t12-,13+,14-,18+/m0/s1. The summed E-state index contributed by atoms with van der Waals surface area (Å²) in [6, 6.07) is 6.14. The zero-order chi connectivity index (χ0) is 22.3. The molecule has 0 radical (unpaired) electrons. The summed E-state index contributed by atoms with van der Waals surface area (Å²) < 4.78 is 15.0. The normalized spacial score (nSPS) is 23.3. The van der Waals surface area contributed by atoms with E-state index in [-0.39, 0.29) is 23.6 Å². The first-order chi connectivity index (χ1) is 14.8. The van der Waals surface area contributed by atoms with Crippen LogP contribution in [0.2, 0.25) is 5.28 Å². The fourth-order valence-electron chi connectivity index (χ4n) is 3.38. The second kappa shape index (κ2) is 8.58. The molecule has 1 saturated heterocycles. The van der Waals surface area contributed by atoms with Crippen LogP contribution in [-0.2, 0) is 11.3 Å². The van der Waals surface area contributed by atoms with Crippen LogP contribution in [0.25, 0.3) is 11.2 Å². The number of anilines is 1. The molecule has 12 heteroatoms. The molecule has 4 atom stereocenters. The summed E-state index contributed by atoms with van der Waals surface area (Å²) in [6.45, 7) is 0.284. The topological polar surface area (TPSA) is 116 Å². The van der Waals surface area contributed by atoms with Crippen LogP contribution in [0.15, 0.2) is 30.6 Å². The molecule has 3 heterocycles. The van der Waals surface area contributed by atoms with Crippen LogP contribution in [-0.4, -0.2) is 72.1 Å². The molecule has 3 N–H and O–H groups in total. The van der Waals surface area contributed by atoms with Gasteiger partial charge in [-0.1, -0.05) is 12.1 Å². The predicted molar refractivity (Wildman–Crippen MR) is 115 cm³/mol. The summed E-state index contributed by atoms with van der Waals surface area (Å²) >= 11 is 7.23. The summed E-state index contributed by atoms with van der Waals surface area (Å²) in [7, 11) is 3.18. The number of hydrogen-bond donors (Lipinski definition) is 3. The number of hydrogen-bond acceptors (Lipinski definition) is 8. The average Bonchev–Trinajstić information content (AvgIpc) is 3.27. The first kappa shape index (κ1) is 21.8. The second-order valence-corrected chi connectivity index (χ2v) is 8.91. The van der Waals surface area contributed by atoms with Crippen molar-refractivity contribution in [1.82, 2.24) is 24.4 Å². The Hall–Kier alpha value is -2.47. The van der Waals surface area contributed by atoms with Crippen molar-refractivity contribution in [1.29, 1.82) is 0 Å². The number of rotatable bonds is 5. The molecule has 4 rings (SSSR count). The van der Waals surface area contributed by atoms with Crippen LogP contribution < -0.4 is 5.32 Å². The van der Waals surface area contributed by atoms with Crippen molar-refractivity contribution in [2.75, 3.05) is 19.4 Å². The molecule has 1 aromatic carbocycles. The third kappa shape index (κ3) is 4.18. The van der Waals surface area contributed by atoms with Crippen LogP contribution in [0.4, 0.5) is 10.2 Å². The van der Waals surface area contributed by atoms with Gasteiger partial charge in [0.2, 0.25) is 11.2 Å². The van der Waals surface area contributed by atoms with Crippen molar-refractivity contribution in [2.45, 2.75) is 29.4 Å². The quantitative estimate of drug-likeness (QED) is 0.486. The Balaban J connectivity index is 1.64. The highest BCUT2D eigenvalue weighted by molar-refractivity contribution is 8.01. The number of nitrogens with zero attached hydrogens (tertiary/aromatic N) is 5. The summed E-state index contributed by atoms with van der Waals surface area (Å²) in [5, 5.41) is 22.5. The SMILES string of the molecule is CN(C)C(=O)[C@H]1S[C@@H](n2cnc3c(NCc4cccc(F)c4)nc(Cl)nc32)[C@H](O)[C@@H]1O. The van der Waals surface area contributed by atoms with E-state index in [1.54, 1.807) is 30.8 Å². The van der Waals surface area contributed by atoms with Crippen LogP contribution in [0.1, 0.15) is 10.9 Å². The number of benzene rings is 1. The van der Waals surface area contributed by atoms with Gasteiger partial charge in [-0.05, 0) is 29.3 Å². The highest BCUT2D eigenvalue weighted by Crippen LogP contribution is 2.44. The number of amides is 1. The Kier molecular flexibility index (Phi) is 6.02. The van der Waals surface area contributed by atoms with Gasteiger partial charge in [0.15, 0.2) is 17.0 Å². The smallest absolute Gasteiger partial charge is 0.238 e. The number of aromatic nitrogens is 4. The molecule has 1 fully saturated rings. The lowest BCUT2D eigenvalue weighted by atomic mass is 10.1. The van der Waals surface area contributed by atoms with Gasteiger partial charge in [0.05, 0.1) is 6.33 Å². The Bertz CT molecular complexity index is 1130. The number of carbonyl (C=O) groups is 1. The molecule has 2 aromatic heterocycles. The number of imidazole rings is 1. The molecule has 3 aromatic rings. The van der Waals surface area contributed by atoms with Crippen molar-refractivity contribution in [3.05, 3.63) is 47.3 Å². The maximum atomic E-state index is 13.4. The fourth-order valence-corrected chi connectivity index (χ4v) is 5.10. The second-order valence-electron chi connectivity index (χ2n) is 7.31. The van der Waals surface area contributed by atoms with E-state index in [9.17, 15) is 19.4 Å². The molecular formula is C19H20ClFN6O3S. The van der Waals surface area contributed by atoms with Gasteiger partial charge in [-0.3, -0.25) is 9.36 Å². The minimum absolute atomic E-state index is 0.0463. The highest BCUT2D eigenvalue weighted by atomic mass is 35.5. The van der Waals surface area contributed by atoms with Crippen molar-refractivity contribution in [3.8, 4) is 0 Å². The molecule has 1 amide bonds. The predicted octanol–water partition coefficient (Wildman–Crippen LogP) is 1.65. The minimum Gasteiger partial charge on any atom is -0.389 e. The molecular weight excluding hydrogens is 447 g/mol. The van der Waals surface area contributed by atoms with E-state index in [4.69, 9.17) is 11.6 Å². The van der Waals surface area contributed by atoms with Gasteiger partial charge < -0.3 is 20.4 Å². The van der Waals surface area contributed by atoms with E-state index in [2.05, 4.69) is 20.3 Å². The van der Waals surface area contributed by atoms with Crippen molar-refractivity contribution < 1.29 is 19.4 Å². The number of fused-ring (bicyclic) bond motifs is 1. The molecule has 31 heavy (non-hydrogen) atoms. The van der Waals surface area contributed by atoms with Gasteiger partial charge in [-0.2, -0.15) is 9.97 Å². The van der Waals surface area contributed by atoms with Gasteiger partial charge in [0.25, 0.3) is 0 Å². The van der Waals surface area contributed by atoms with Gasteiger partial charge in [0.1, 0.15) is 28.6 Å². The average molecular weight is 467 g/mol. The third-order valence-corrected chi connectivity index (χ3v) is 6.67. The lowest BCUT2D eigenvalue weighted by molar-refractivity contribution is -0.131. The fraction of sp³-hybridized carbons (Fsp3) is 0.368. The van der Waals surface area contributed by atoms with E-state index in [1.807, 2.05) is 0 Å². The Morgan fingerprint density at radius 3 is 2.81 bits per heavy atom. The van der Waals surface area contributed by atoms with Crippen molar-refractivity contribution >= 4 is 46.3 Å². The lowest BCUT2D eigenvalue weighted by Gasteiger charge is -2.18. The Morgan fingerprint density at radius 2 is 2.10 bits per heavy atom. The number of halogens is 2. The van der Waals surface area contributed by atoms with Crippen molar-refractivity contribution in [2.24, 2.45) is 0 Å². The van der Waals surface area contributed by atoms with E-state index >= 15 is 0 Å². The van der Waals surface area contributed by atoms with Crippen molar-refractivity contribution in [3.63, 3.8) is 0 Å². The van der Waals surface area contributed by atoms with Gasteiger partial charge in [-0.25, -0.2) is 9.37 Å². The van der Waals surface area contributed by atoms with Crippen LogP contribution in [0.3, 0.4) is 0 Å². The van der Waals surface area contributed by atoms with E-state index in [1.165, 1.54) is 23.4 Å². The molecule has 0 aliphatic carbocycles. The first-order valence-corrected chi connectivity index (χ1v) is 10.7. The number of nitrogens with one attached hydrogen (secondary N) is 1. The molecule has 0 saturated carbocycles. The molecule has 1 aliphatic rings. The maximum Gasteiger partial charge on any atom is 0.238 e. The number of thioether (sulfide) groups is 1. The zero-order valence-corrected chi connectivity index (χ0v) is 18.2. The van der Waals surface area contributed by atoms with Crippen LogP contribution in [0.5, 0.6) is 0 Å². The van der Waals surface area contributed by atoms with E-state index in [0.29, 0.717) is 22.5 Å². The Labute approximate surface area is 186 Å².